The molecule has 0 atom stereocenters. The summed E-state index contributed by atoms with van der Waals surface area (Å²) in [4.78, 5) is 14.3. The molecule has 0 saturated heterocycles. The number of hydrogen-bond donors (Lipinski definition) is 0. The molecule has 26 heavy (non-hydrogen) atoms. The zero-order valence-corrected chi connectivity index (χ0v) is 15.5. The first-order chi connectivity index (χ1) is 12.5. The molecular formula is C21H24N2O3. The van der Waals surface area contributed by atoms with E-state index < -0.39 is 0 Å². The van der Waals surface area contributed by atoms with Crippen LogP contribution in [0.3, 0.4) is 0 Å². The van der Waals surface area contributed by atoms with Gasteiger partial charge in [-0.15, -0.1) is 0 Å². The molecule has 0 fully saturated rings. The van der Waals surface area contributed by atoms with Crippen molar-refractivity contribution in [3.63, 3.8) is 0 Å². The van der Waals surface area contributed by atoms with Gasteiger partial charge in [0.25, 0.3) is 5.91 Å². The number of carbonyl (C=O) groups excluding carboxylic acids is 1. The fourth-order valence-corrected chi connectivity index (χ4v) is 2.53. The van der Waals surface area contributed by atoms with E-state index in [9.17, 15) is 4.79 Å². The molecule has 0 unspecified atom stereocenters. The number of amides is 1. The van der Waals surface area contributed by atoms with Gasteiger partial charge in [-0.25, -0.2) is 0 Å². The van der Waals surface area contributed by atoms with Gasteiger partial charge in [0.1, 0.15) is 11.5 Å². The van der Waals surface area contributed by atoms with Crippen molar-refractivity contribution in [1.29, 1.82) is 5.26 Å². The molecule has 0 bridgehead atoms. The minimum Gasteiger partial charge on any atom is -0.494 e. The van der Waals surface area contributed by atoms with Crippen LogP contribution in [0.25, 0.3) is 0 Å². The second kappa shape index (κ2) is 9.47. The third-order valence-electron chi connectivity index (χ3n) is 3.90. The highest BCUT2D eigenvalue weighted by Gasteiger charge is 2.17. The average molecular weight is 352 g/mol. The van der Waals surface area contributed by atoms with Gasteiger partial charge in [-0.2, -0.15) is 5.26 Å². The summed E-state index contributed by atoms with van der Waals surface area (Å²) < 4.78 is 11.2. The molecule has 0 aliphatic carbocycles. The van der Waals surface area contributed by atoms with Crippen LogP contribution >= 0.6 is 0 Å². The van der Waals surface area contributed by atoms with Crippen LogP contribution in [0.1, 0.15) is 24.5 Å². The predicted octanol–water partition coefficient (Wildman–Crippen LogP) is 4.03. The maximum atomic E-state index is 12.7. The zero-order valence-electron chi connectivity index (χ0n) is 15.5. The van der Waals surface area contributed by atoms with Crippen LogP contribution in [0.4, 0.5) is 5.69 Å². The molecule has 0 aromatic heterocycles. The minimum absolute atomic E-state index is 0.0804. The molecule has 0 spiro atoms. The second-order valence-corrected chi connectivity index (χ2v) is 5.94. The van der Waals surface area contributed by atoms with Gasteiger partial charge in [0, 0.05) is 12.2 Å². The van der Waals surface area contributed by atoms with Crippen LogP contribution in [0.15, 0.2) is 42.5 Å². The number of aryl methyl sites for hydroxylation is 2. The van der Waals surface area contributed by atoms with Crippen LogP contribution in [-0.4, -0.2) is 25.7 Å². The zero-order chi connectivity index (χ0) is 18.9. The van der Waals surface area contributed by atoms with Gasteiger partial charge in [-0.05, 0) is 62.2 Å². The first-order valence-electron chi connectivity index (χ1n) is 8.65. The van der Waals surface area contributed by atoms with Gasteiger partial charge < -0.3 is 14.4 Å². The Morgan fingerprint density at radius 1 is 1.12 bits per heavy atom. The first kappa shape index (κ1) is 19.3. The van der Waals surface area contributed by atoms with Crippen LogP contribution in [0.2, 0.25) is 0 Å². The molecule has 2 rings (SSSR count). The number of hydrogen-bond acceptors (Lipinski definition) is 4. The Morgan fingerprint density at radius 2 is 1.85 bits per heavy atom. The Balaban J connectivity index is 2.11. The van der Waals surface area contributed by atoms with Crippen molar-refractivity contribution in [2.75, 3.05) is 24.7 Å². The Labute approximate surface area is 154 Å². The van der Waals surface area contributed by atoms with Crippen molar-refractivity contribution in [1.82, 2.24) is 0 Å². The van der Waals surface area contributed by atoms with E-state index in [0.717, 1.165) is 22.6 Å². The molecule has 2 aromatic rings. The topological polar surface area (TPSA) is 62.6 Å². The molecule has 5 nitrogen and oxygen atoms in total. The van der Waals surface area contributed by atoms with E-state index in [0.29, 0.717) is 18.9 Å². The lowest BCUT2D eigenvalue weighted by Crippen LogP contribution is -2.35. The van der Waals surface area contributed by atoms with Crippen molar-refractivity contribution >= 4 is 11.6 Å². The number of ether oxygens (including phenoxy) is 2. The SMILES string of the molecule is CCOc1ccc(N(CCC#N)C(=O)COc2cc(C)ccc2C)cc1. The van der Waals surface area contributed by atoms with E-state index in [1.807, 2.05) is 63.2 Å². The number of nitrogens with zero attached hydrogens (tertiary/aromatic N) is 2. The van der Waals surface area contributed by atoms with E-state index in [4.69, 9.17) is 14.7 Å². The maximum Gasteiger partial charge on any atom is 0.264 e. The smallest absolute Gasteiger partial charge is 0.264 e. The Hall–Kier alpha value is -3.00. The molecule has 0 radical (unpaired) electrons. The van der Waals surface area contributed by atoms with Gasteiger partial charge in [0.2, 0.25) is 0 Å². The van der Waals surface area contributed by atoms with Crippen molar-refractivity contribution in [3.8, 4) is 17.6 Å². The lowest BCUT2D eigenvalue weighted by atomic mass is 10.1. The summed E-state index contributed by atoms with van der Waals surface area (Å²) in [6.07, 6.45) is 0.252. The van der Waals surface area contributed by atoms with Crippen LogP contribution in [0, 0.1) is 25.2 Å². The molecule has 0 aliphatic heterocycles. The third kappa shape index (κ3) is 5.25. The van der Waals surface area contributed by atoms with Crippen molar-refractivity contribution in [3.05, 3.63) is 53.6 Å². The quantitative estimate of drug-likeness (QED) is 0.720. The lowest BCUT2D eigenvalue weighted by Gasteiger charge is -2.22. The van der Waals surface area contributed by atoms with E-state index >= 15 is 0 Å². The number of carbonyl (C=O) groups is 1. The maximum absolute atomic E-state index is 12.7. The van der Waals surface area contributed by atoms with Gasteiger partial charge >= 0.3 is 0 Å². The number of rotatable bonds is 8. The van der Waals surface area contributed by atoms with Crippen LogP contribution < -0.4 is 14.4 Å². The molecule has 0 saturated carbocycles. The number of nitriles is 1. The molecule has 1 amide bonds. The molecule has 0 N–H and O–H groups in total. The Morgan fingerprint density at radius 3 is 2.50 bits per heavy atom. The normalized spacial score (nSPS) is 10.1. The largest absolute Gasteiger partial charge is 0.494 e. The third-order valence-corrected chi connectivity index (χ3v) is 3.90. The van der Waals surface area contributed by atoms with E-state index in [1.54, 1.807) is 4.90 Å². The van der Waals surface area contributed by atoms with Crippen molar-refractivity contribution in [2.24, 2.45) is 0 Å². The van der Waals surface area contributed by atoms with Crippen LogP contribution in [0.5, 0.6) is 11.5 Å². The van der Waals surface area contributed by atoms with E-state index in [1.165, 1.54) is 0 Å². The fraction of sp³-hybridized carbons (Fsp3) is 0.333. The summed E-state index contributed by atoms with van der Waals surface area (Å²) in [6, 6.07) is 15.2. The highest BCUT2D eigenvalue weighted by Crippen LogP contribution is 2.22. The van der Waals surface area contributed by atoms with E-state index in [2.05, 4.69) is 6.07 Å². The second-order valence-electron chi connectivity index (χ2n) is 5.94. The highest BCUT2D eigenvalue weighted by molar-refractivity contribution is 5.94. The van der Waals surface area contributed by atoms with E-state index in [-0.39, 0.29) is 18.9 Å². The van der Waals surface area contributed by atoms with Crippen molar-refractivity contribution < 1.29 is 14.3 Å². The Kier molecular flexibility index (Phi) is 7.04. The summed E-state index contributed by atoms with van der Waals surface area (Å²) in [5.41, 5.74) is 2.78. The molecule has 2 aromatic carbocycles. The van der Waals surface area contributed by atoms with Gasteiger partial charge in [0.15, 0.2) is 6.61 Å². The molecular weight excluding hydrogens is 328 g/mol. The summed E-state index contributed by atoms with van der Waals surface area (Å²) in [5, 5.41) is 8.89. The Bertz CT molecular complexity index is 779. The highest BCUT2D eigenvalue weighted by atomic mass is 16.5. The molecule has 5 heteroatoms. The van der Waals surface area contributed by atoms with Gasteiger partial charge in [-0.3, -0.25) is 4.79 Å². The summed E-state index contributed by atoms with van der Waals surface area (Å²) in [5.74, 6) is 1.26. The van der Waals surface area contributed by atoms with Gasteiger partial charge in [0.05, 0.1) is 19.1 Å². The van der Waals surface area contributed by atoms with Gasteiger partial charge in [-0.1, -0.05) is 12.1 Å². The first-order valence-corrected chi connectivity index (χ1v) is 8.65. The molecule has 0 heterocycles. The monoisotopic (exact) mass is 352 g/mol. The molecule has 0 aliphatic rings. The standard InChI is InChI=1S/C21H24N2O3/c1-4-25-19-10-8-18(9-11-19)23(13-5-12-22)21(24)15-26-20-14-16(2)6-7-17(20)3/h6-11,14H,4-5,13,15H2,1-3H3. The minimum atomic E-state index is -0.190. The fourth-order valence-electron chi connectivity index (χ4n) is 2.53. The summed E-state index contributed by atoms with van der Waals surface area (Å²) in [6.45, 7) is 6.66. The van der Waals surface area contributed by atoms with Crippen LogP contribution in [-0.2, 0) is 4.79 Å². The lowest BCUT2D eigenvalue weighted by molar-refractivity contribution is -0.120. The summed E-state index contributed by atoms with van der Waals surface area (Å²) in [7, 11) is 0. The average Bonchev–Trinajstić information content (AvgIpc) is 2.64. The predicted molar refractivity (Wildman–Crippen MR) is 102 cm³/mol. The van der Waals surface area contributed by atoms with Crippen molar-refractivity contribution in [2.45, 2.75) is 27.2 Å². The molecule has 136 valence electrons. The summed E-state index contributed by atoms with van der Waals surface area (Å²) >= 11 is 0. The number of anilines is 1. The number of benzene rings is 2.